The predicted octanol–water partition coefficient (Wildman–Crippen LogP) is 1.86. The van der Waals surface area contributed by atoms with Crippen molar-refractivity contribution in [2.45, 2.75) is 24.2 Å². The molecule has 0 unspecified atom stereocenters. The second-order valence-electron chi connectivity index (χ2n) is 4.18. The van der Waals surface area contributed by atoms with E-state index < -0.39 is 0 Å². The van der Waals surface area contributed by atoms with Gasteiger partial charge in [0.25, 0.3) is 5.22 Å². The molecule has 3 rings (SSSR count). The zero-order chi connectivity index (χ0) is 14.8. The van der Waals surface area contributed by atoms with E-state index >= 15 is 0 Å². The lowest BCUT2D eigenvalue weighted by molar-refractivity contribution is 0.430. The monoisotopic (exact) mass is 303 g/mol. The fourth-order valence-corrected chi connectivity index (χ4v) is 2.33. The van der Waals surface area contributed by atoms with Crippen LogP contribution in [0.4, 0.5) is 5.95 Å². The Hall–Kier alpha value is -2.42. The number of aromatic nitrogens is 6. The molecule has 0 spiro atoms. The lowest BCUT2D eigenvalue weighted by Crippen LogP contribution is -2.06. The standard InChI is InChI=1S/C12H13N7OS/c1-7-8(2)20-12(15-7)21-11-17-9(13-3)16-10(18-11)19-5-4-14-6-19/h4-6H,1-3H3,(H,13,16,17,18). The third-order valence-electron chi connectivity index (χ3n) is 2.75. The van der Waals surface area contributed by atoms with Crippen molar-refractivity contribution in [3.63, 3.8) is 0 Å². The Kier molecular flexibility index (Phi) is 3.57. The predicted molar refractivity (Wildman–Crippen MR) is 76.6 cm³/mol. The van der Waals surface area contributed by atoms with Crippen LogP contribution in [0.5, 0.6) is 0 Å². The fraction of sp³-hybridized carbons (Fsp3) is 0.250. The van der Waals surface area contributed by atoms with Crippen LogP contribution in [0.1, 0.15) is 11.5 Å². The molecule has 9 heteroatoms. The van der Waals surface area contributed by atoms with Crippen molar-refractivity contribution in [1.82, 2.24) is 29.5 Å². The molecule has 0 aliphatic carbocycles. The third-order valence-corrected chi connectivity index (χ3v) is 3.46. The number of nitrogens with zero attached hydrogens (tertiary/aromatic N) is 6. The van der Waals surface area contributed by atoms with Crippen molar-refractivity contribution >= 4 is 17.7 Å². The van der Waals surface area contributed by atoms with Crippen molar-refractivity contribution in [2.75, 3.05) is 12.4 Å². The molecule has 0 bridgehead atoms. The van der Waals surface area contributed by atoms with E-state index in [1.807, 2.05) is 13.8 Å². The molecule has 21 heavy (non-hydrogen) atoms. The smallest absolute Gasteiger partial charge is 0.264 e. The molecule has 0 amide bonds. The van der Waals surface area contributed by atoms with Crippen LogP contribution in [0.3, 0.4) is 0 Å². The Balaban J connectivity index is 1.96. The average Bonchev–Trinajstić information content (AvgIpc) is 3.09. The highest BCUT2D eigenvalue weighted by Gasteiger charge is 2.13. The summed E-state index contributed by atoms with van der Waals surface area (Å²) in [6, 6.07) is 0. The molecule has 3 heterocycles. The summed E-state index contributed by atoms with van der Waals surface area (Å²) in [5.74, 6) is 1.74. The van der Waals surface area contributed by atoms with Crippen LogP contribution in [0.25, 0.3) is 5.95 Å². The Morgan fingerprint density at radius 2 is 2.05 bits per heavy atom. The molecule has 8 nitrogen and oxygen atoms in total. The van der Waals surface area contributed by atoms with Crippen LogP contribution in [0.15, 0.2) is 33.5 Å². The highest BCUT2D eigenvalue weighted by atomic mass is 32.2. The van der Waals surface area contributed by atoms with Gasteiger partial charge in [-0.2, -0.15) is 15.0 Å². The van der Waals surface area contributed by atoms with E-state index in [0.717, 1.165) is 11.5 Å². The summed E-state index contributed by atoms with van der Waals surface area (Å²) in [5, 5.41) is 3.92. The number of anilines is 1. The Morgan fingerprint density at radius 3 is 2.67 bits per heavy atom. The van der Waals surface area contributed by atoms with Gasteiger partial charge in [0.15, 0.2) is 0 Å². The van der Waals surface area contributed by atoms with Gasteiger partial charge in [-0.3, -0.25) is 4.57 Å². The first kappa shape index (κ1) is 13.6. The summed E-state index contributed by atoms with van der Waals surface area (Å²) in [6.07, 6.45) is 5.06. The maximum Gasteiger partial charge on any atom is 0.264 e. The van der Waals surface area contributed by atoms with Crippen LogP contribution in [-0.2, 0) is 0 Å². The SMILES string of the molecule is CNc1nc(Sc2nc(C)c(C)o2)nc(-n2ccnc2)n1. The molecule has 3 aromatic rings. The second kappa shape index (κ2) is 5.52. The number of nitrogens with one attached hydrogen (secondary N) is 1. The quantitative estimate of drug-likeness (QED) is 0.780. The van der Waals surface area contributed by atoms with Crippen LogP contribution < -0.4 is 5.32 Å². The van der Waals surface area contributed by atoms with Crippen LogP contribution in [0, 0.1) is 13.8 Å². The summed E-state index contributed by atoms with van der Waals surface area (Å²) in [4.78, 5) is 21.3. The van der Waals surface area contributed by atoms with Gasteiger partial charge in [-0.15, -0.1) is 0 Å². The number of hydrogen-bond donors (Lipinski definition) is 1. The first-order valence-electron chi connectivity index (χ1n) is 6.20. The molecule has 1 N–H and O–H groups in total. The topological polar surface area (TPSA) is 94.6 Å². The van der Waals surface area contributed by atoms with Gasteiger partial charge in [0.05, 0.1) is 5.69 Å². The summed E-state index contributed by atoms with van der Waals surface area (Å²) in [7, 11) is 1.75. The minimum atomic E-state index is 0.469. The molecule has 0 saturated heterocycles. The fourth-order valence-electron chi connectivity index (χ4n) is 1.56. The third kappa shape index (κ3) is 2.87. The molecule has 0 radical (unpaired) electrons. The minimum Gasteiger partial charge on any atom is -0.436 e. The first-order valence-corrected chi connectivity index (χ1v) is 7.01. The van der Waals surface area contributed by atoms with E-state index in [2.05, 4.69) is 30.2 Å². The normalized spacial score (nSPS) is 10.8. The highest BCUT2D eigenvalue weighted by Crippen LogP contribution is 2.26. The van der Waals surface area contributed by atoms with Crippen LogP contribution >= 0.6 is 11.8 Å². The average molecular weight is 303 g/mol. The largest absolute Gasteiger partial charge is 0.436 e. The molecule has 0 saturated carbocycles. The molecular weight excluding hydrogens is 290 g/mol. The van der Waals surface area contributed by atoms with Gasteiger partial charge in [-0.1, -0.05) is 0 Å². The summed E-state index contributed by atoms with van der Waals surface area (Å²) in [6.45, 7) is 3.77. The van der Waals surface area contributed by atoms with Gasteiger partial charge in [0.1, 0.15) is 12.1 Å². The molecule has 0 aliphatic rings. The van der Waals surface area contributed by atoms with Crippen molar-refractivity contribution in [2.24, 2.45) is 0 Å². The molecule has 0 aliphatic heterocycles. The van der Waals surface area contributed by atoms with E-state index in [-0.39, 0.29) is 0 Å². The van der Waals surface area contributed by atoms with Crippen molar-refractivity contribution in [3.05, 3.63) is 30.2 Å². The molecule has 0 fully saturated rings. The molecule has 3 aromatic heterocycles. The van der Waals surface area contributed by atoms with Crippen molar-refractivity contribution in [3.8, 4) is 5.95 Å². The molecule has 108 valence electrons. The summed E-state index contributed by atoms with van der Waals surface area (Å²) >= 11 is 1.25. The number of hydrogen-bond acceptors (Lipinski definition) is 8. The first-order chi connectivity index (χ1) is 10.2. The number of imidazole rings is 1. The molecule has 0 atom stereocenters. The summed E-state index contributed by atoms with van der Waals surface area (Å²) in [5.41, 5.74) is 0.857. The van der Waals surface area contributed by atoms with Crippen molar-refractivity contribution < 1.29 is 4.42 Å². The van der Waals surface area contributed by atoms with Gasteiger partial charge in [0.2, 0.25) is 17.1 Å². The Morgan fingerprint density at radius 1 is 1.19 bits per heavy atom. The lowest BCUT2D eigenvalue weighted by atomic mass is 10.4. The van der Waals surface area contributed by atoms with E-state index in [9.17, 15) is 0 Å². The maximum absolute atomic E-state index is 5.53. The van der Waals surface area contributed by atoms with E-state index in [4.69, 9.17) is 4.42 Å². The van der Waals surface area contributed by atoms with E-state index in [0.29, 0.717) is 22.3 Å². The Bertz CT molecular complexity index is 734. The highest BCUT2D eigenvalue weighted by molar-refractivity contribution is 7.98. The van der Waals surface area contributed by atoms with Gasteiger partial charge in [0, 0.05) is 31.2 Å². The second-order valence-corrected chi connectivity index (χ2v) is 5.10. The molecule has 0 aromatic carbocycles. The van der Waals surface area contributed by atoms with Gasteiger partial charge < -0.3 is 9.73 Å². The Labute approximate surface area is 125 Å². The van der Waals surface area contributed by atoms with Gasteiger partial charge in [-0.05, 0) is 13.8 Å². The number of aryl methyl sites for hydroxylation is 2. The van der Waals surface area contributed by atoms with Crippen LogP contribution in [-0.4, -0.2) is 36.5 Å². The van der Waals surface area contributed by atoms with Gasteiger partial charge >= 0.3 is 0 Å². The number of oxazole rings is 1. The zero-order valence-corrected chi connectivity index (χ0v) is 12.5. The van der Waals surface area contributed by atoms with Gasteiger partial charge in [-0.25, -0.2) is 9.97 Å². The lowest BCUT2D eigenvalue weighted by Gasteiger charge is -2.05. The van der Waals surface area contributed by atoms with E-state index in [1.54, 1.807) is 30.3 Å². The van der Waals surface area contributed by atoms with Crippen LogP contribution in [0.2, 0.25) is 0 Å². The zero-order valence-electron chi connectivity index (χ0n) is 11.7. The van der Waals surface area contributed by atoms with E-state index in [1.165, 1.54) is 11.8 Å². The molecular formula is C12H13N7OS. The maximum atomic E-state index is 5.53. The number of rotatable bonds is 4. The van der Waals surface area contributed by atoms with Crippen molar-refractivity contribution in [1.29, 1.82) is 0 Å². The summed E-state index contributed by atoms with van der Waals surface area (Å²) < 4.78 is 7.24. The minimum absolute atomic E-state index is 0.469.